The van der Waals surface area contributed by atoms with E-state index in [1.54, 1.807) is 24.3 Å². The zero-order valence-electron chi connectivity index (χ0n) is 6.24. The number of aromatic amines is 1. The first-order chi connectivity index (χ1) is 5.79. The number of carbonyl (C=O) groups is 1. The van der Waals surface area contributed by atoms with Crippen molar-refractivity contribution >= 4 is 17.2 Å². The Hall–Kier alpha value is -1.77. The Balaban J connectivity index is 2.74. The van der Waals surface area contributed by atoms with Crippen LogP contribution in [0.3, 0.4) is 0 Å². The van der Waals surface area contributed by atoms with Crippen molar-refractivity contribution in [2.45, 2.75) is 0 Å². The first-order valence-corrected chi connectivity index (χ1v) is 3.56. The monoisotopic (exact) mass is 161 g/mol. The highest BCUT2D eigenvalue weighted by Gasteiger charge is 1.98. The van der Waals surface area contributed by atoms with Gasteiger partial charge in [0.25, 0.3) is 0 Å². The van der Waals surface area contributed by atoms with Gasteiger partial charge in [0.05, 0.1) is 0 Å². The van der Waals surface area contributed by atoms with E-state index in [1.165, 1.54) is 0 Å². The molecule has 1 aromatic heterocycles. The van der Waals surface area contributed by atoms with E-state index in [0.717, 1.165) is 17.2 Å². The van der Waals surface area contributed by atoms with Crippen LogP contribution in [-0.2, 0) is 0 Å². The van der Waals surface area contributed by atoms with Crippen molar-refractivity contribution in [3.63, 3.8) is 0 Å². The molecule has 1 aromatic carbocycles. The molecule has 0 bridgehead atoms. The maximum atomic E-state index is 10.4. The van der Waals surface area contributed by atoms with Crippen LogP contribution in [0.5, 0.6) is 5.88 Å². The van der Waals surface area contributed by atoms with Gasteiger partial charge >= 0.3 is 0 Å². The molecule has 0 radical (unpaired) electrons. The standard InChI is InChI=1S/C9H7NO2/c11-5-6-1-2-8-7(3-6)4-9(12)10-8/h1-5,10,12H. The quantitative estimate of drug-likeness (QED) is 0.625. The Kier molecular flexibility index (Phi) is 1.37. The third-order valence-electron chi connectivity index (χ3n) is 1.77. The molecule has 0 saturated carbocycles. The molecule has 1 heterocycles. The van der Waals surface area contributed by atoms with Gasteiger partial charge in [-0.15, -0.1) is 0 Å². The number of hydrogen-bond donors (Lipinski definition) is 2. The number of fused-ring (bicyclic) bond motifs is 1. The molecule has 3 nitrogen and oxygen atoms in total. The number of carbonyl (C=O) groups excluding carboxylic acids is 1. The van der Waals surface area contributed by atoms with E-state index in [-0.39, 0.29) is 5.88 Å². The van der Waals surface area contributed by atoms with Gasteiger partial charge in [0, 0.05) is 22.5 Å². The number of aromatic nitrogens is 1. The lowest BCUT2D eigenvalue weighted by Gasteiger charge is -1.89. The second-order valence-corrected chi connectivity index (χ2v) is 2.62. The average molecular weight is 161 g/mol. The van der Waals surface area contributed by atoms with E-state index in [2.05, 4.69) is 4.98 Å². The maximum Gasteiger partial charge on any atom is 0.189 e. The van der Waals surface area contributed by atoms with E-state index >= 15 is 0 Å². The summed E-state index contributed by atoms with van der Waals surface area (Å²) in [6.45, 7) is 0. The van der Waals surface area contributed by atoms with Crippen LogP contribution in [0.25, 0.3) is 10.9 Å². The van der Waals surface area contributed by atoms with Gasteiger partial charge in [-0.1, -0.05) is 0 Å². The van der Waals surface area contributed by atoms with Gasteiger partial charge in [-0.25, -0.2) is 0 Å². The van der Waals surface area contributed by atoms with Crippen LogP contribution >= 0.6 is 0 Å². The number of hydrogen-bond acceptors (Lipinski definition) is 2. The lowest BCUT2D eigenvalue weighted by Crippen LogP contribution is -1.76. The fourth-order valence-electron chi connectivity index (χ4n) is 1.21. The molecule has 0 fully saturated rings. The maximum absolute atomic E-state index is 10.4. The summed E-state index contributed by atoms with van der Waals surface area (Å²) in [6, 6.07) is 6.77. The molecular weight excluding hydrogens is 154 g/mol. The van der Waals surface area contributed by atoms with Crippen LogP contribution in [0, 0.1) is 0 Å². The molecule has 0 atom stereocenters. The van der Waals surface area contributed by atoms with E-state index < -0.39 is 0 Å². The minimum absolute atomic E-state index is 0.119. The summed E-state index contributed by atoms with van der Waals surface area (Å²) in [5.41, 5.74) is 1.44. The highest BCUT2D eigenvalue weighted by Crippen LogP contribution is 2.19. The van der Waals surface area contributed by atoms with Crippen molar-refractivity contribution in [3.05, 3.63) is 29.8 Å². The van der Waals surface area contributed by atoms with Crippen LogP contribution < -0.4 is 0 Å². The summed E-state index contributed by atoms with van der Waals surface area (Å²) in [6.07, 6.45) is 0.781. The predicted molar refractivity (Wildman–Crippen MR) is 45.4 cm³/mol. The van der Waals surface area contributed by atoms with Crippen LogP contribution in [0.1, 0.15) is 10.4 Å². The zero-order chi connectivity index (χ0) is 8.55. The molecule has 2 aromatic rings. The zero-order valence-corrected chi connectivity index (χ0v) is 6.24. The van der Waals surface area contributed by atoms with Gasteiger partial charge in [-0.2, -0.15) is 0 Å². The molecular formula is C9H7NO2. The third kappa shape index (κ3) is 0.955. The lowest BCUT2D eigenvalue weighted by molar-refractivity contribution is 0.112. The van der Waals surface area contributed by atoms with Crippen LogP contribution in [0.2, 0.25) is 0 Å². The van der Waals surface area contributed by atoms with E-state index in [9.17, 15) is 4.79 Å². The summed E-state index contributed by atoms with van der Waals surface area (Å²) in [7, 11) is 0. The number of H-pyrrole nitrogens is 1. The molecule has 2 rings (SSSR count). The van der Waals surface area contributed by atoms with Crippen LogP contribution in [0.15, 0.2) is 24.3 Å². The molecule has 0 saturated heterocycles. The molecule has 12 heavy (non-hydrogen) atoms. The van der Waals surface area contributed by atoms with Crippen LogP contribution in [-0.4, -0.2) is 16.4 Å². The minimum atomic E-state index is 0.119. The van der Waals surface area contributed by atoms with Crippen molar-refractivity contribution in [2.24, 2.45) is 0 Å². The highest BCUT2D eigenvalue weighted by atomic mass is 16.3. The SMILES string of the molecule is O=Cc1ccc2[nH]c(O)cc2c1. The Morgan fingerprint density at radius 2 is 2.17 bits per heavy atom. The van der Waals surface area contributed by atoms with Crippen molar-refractivity contribution < 1.29 is 9.90 Å². The van der Waals surface area contributed by atoms with E-state index in [0.29, 0.717) is 5.56 Å². The molecule has 0 amide bonds. The number of nitrogens with one attached hydrogen (secondary N) is 1. The molecule has 0 aliphatic heterocycles. The molecule has 3 heteroatoms. The minimum Gasteiger partial charge on any atom is -0.495 e. The molecule has 0 unspecified atom stereocenters. The van der Waals surface area contributed by atoms with Crippen molar-refractivity contribution in [1.82, 2.24) is 4.98 Å². The van der Waals surface area contributed by atoms with Gasteiger partial charge in [0.15, 0.2) is 5.88 Å². The Morgan fingerprint density at radius 3 is 2.92 bits per heavy atom. The van der Waals surface area contributed by atoms with E-state index in [4.69, 9.17) is 5.11 Å². The fourth-order valence-corrected chi connectivity index (χ4v) is 1.21. The largest absolute Gasteiger partial charge is 0.495 e. The second kappa shape index (κ2) is 2.37. The second-order valence-electron chi connectivity index (χ2n) is 2.62. The number of rotatable bonds is 1. The molecule has 0 spiro atoms. The normalized spacial score (nSPS) is 10.3. The number of aldehydes is 1. The predicted octanol–water partition coefficient (Wildman–Crippen LogP) is 1.69. The van der Waals surface area contributed by atoms with E-state index in [1.807, 2.05) is 0 Å². The van der Waals surface area contributed by atoms with Gasteiger partial charge in [0.1, 0.15) is 6.29 Å². The summed E-state index contributed by atoms with van der Waals surface area (Å²) in [5.74, 6) is 0.119. The summed E-state index contributed by atoms with van der Waals surface area (Å²) in [4.78, 5) is 13.1. The Bertz CT molecular complexity index is 431. The summed E-state index contributed by atoms with van der Waals surface area (Å²) < 4.78 is 0. The fraction of sp³-hybridized carbons (Fsp3) is 0. The van der Waals surface area contributed by atoms with Gasteiger partial charge < -0.3 is 10.1 Å². The summed E-state index contributed by atoms with van der Waals surface area (Å²) >= 11 is 0. The Labute approximate surface area is 68.6 Å². The molecule has 0 aliphatic rings. The third-order valence-corrected chi connectivity index (χ3v) is 1.77. The van der Waals surface area contributed by atoms with Crippen molar-refractivity contribution in [1.29, 1.82) is 0 Å². The smallest absolute Gasteiger partial charge is 0.189 e. The van der Waals surface area contributed by atoms with Crippen molar-refractivity contribution in [2.75, 3.05) is 0 Å². The first-order valence-electron chi connectivity index (χ1n) is 3.56. The highest BCUT2D eigenvalue weighted by molar-refractivity contribution is 5.88. The van der Waals surface area contributed by atoms with Gasteiger partial charge in [0.2, 0.25) is 0 Å². The molecule has 60 valence electrons. The van der Waals surface area contributed by atoms with Crippen LogP contribution in [0.4, 0.5) is 0 Å². The Morgan fingerprint density at radius 1 is 1.33 bits per heavy atom. The van der Waals surface area contributed by atoms with Gasteiger partial charge in [-0.3, -0.25) is 4.79 Å². The lowest BCUT2D eigenvalue weighted by atomic mass is 10.2. The molecule has 2 N–H and O–H groups in total. The summed E-state index contributed by atoms with van der Waals surface area (Å²) in [5, 5.41) is 9.92. The topological polar surface area (TPSA) is 53.1 Å². The first kappa shape index (κ1) is 6.91. The molecule has 0 aliphatic carbocycles. The number of aromatic hydroxyl groups is 1. The number of benzene rings is 1. The van der Waals surface area contributed by atoms with Crippen molar-refractivity contribution in [3.8, 4) is 5.88 Å². The average Bonchev–Trinajstić information content (AvgIpc) is 2.43. The van der Waals surface area contributed by atoms with Gasteiger partial charge in [-0.05, 0) is 18.2 Å².